The standard InChI is InChI=1S/C13H21N3O/c14-6-3-11-13(10-4-8-17-9-5-10)12-2-1-7-16(12)15-11/h10H,1-9,14H2. The number of rotatable bonds is 3. The smallest absolute Gasteiger partial charge is 0.0674 e. The van der Waals surface area contributed by atoms with Crippen molar-refractivity contribution in [1.29, 1.82) is 0 Å². The molecule has 1 aromatic rings. The molecule has 2 aliphatic heterocycles. The molecule has 1 aromatic heterocycles. The lowest BCUT2D eigenvalue weighted by molar-refractivity contribution is 0.0850. The van der Waals surface area contributed by atoms with Crippen LogP contribution in [0.25, 0.3) is 0 Å². The molecule has 0 aromatic carbocycles. The quantitative estimate of drug-likeness (QED) is 0.857. The van der Waals surface area contributed by atoms with Gasteiger partial charge in [0.25, 0.3) is 0 Å². The molecule has 0 spiro atoms. The molecular formula is C13H21N3O. The summed E-state index contributed by atoms with van der Waals surface area (Å²) in [6.45, 7) is 3.59. The average molecular weight is 235 g/mol. The molecule has 2 N–H and O–H groups in total. The Kier molecular flexibility index (Phi) is 3.16. The van der Waals surface area contributed by atoms with Crippen LogP contribution in [0.2, 0.25) is 0 Å². The topological polar surface area (TPSA) is 53.1 Å². The van der Waals surface area contributed by atoms with Gasteiger partial charge in [0.05, 0.1) is 5.69 Å². The van der Waals surface area contributed by atoms with E-state index in [2.05, 4.69) is 4.68 Å². The lowest BCUT2D eigenvalue weighted by Crippen LogP contribution is -2.17. The van der Waals surface area contributed by atoms with Crippen molar-refractivity contribution in [2.45, 2.75) is 44.6 Å². The minimum atomic E-state index is 0.659. The summed E-state index contributed by atoms with van der Waals surface area (Å²) >= 11 is 0. The maximum Gasteiger partial charge on any atom is 0.0674 e. The SMILES string of the molecule is NCCc1nn2c(c1C1CCOCC1)CCC2. The van der Waals surface area contributed by atoms with Gasteiger partial charge in [-0.1, -0.05) is 0 Å². The Balaban J connectivity index is 1.94. The molecule has 0 unspecified atom stereocenters. The van der Waals surface area contributed by atoms with Crippen LogP contribution in [-0.2, 0) is 24.1 Å². The molecule has 0 atom stereocenters. The van der Waals surface area contributed by atoms with Gasteiger partial charge in [0.1, 0.15) is 0 Å². The fourth-order valence-corrected chi connectivity index (χ4v) is 3.19. The van der Waals surface area contributed by atoms with Crippen LogP contribution >= 0.6 is 0 Å². The van der Waals surface area contributed by atoms with E-state index in [9.17, 15) is 0 Å². The molecule has 0 radical (unpaired) electrons. The first-order chi connectivity index (χ1) is 8.40. The highest BCUT2D eigenvalue weighted by Crippen LogP contribution is 2.34. The predicted molar refractivity (Wildman–Crippen MR) is 66.1 cm³/mol. The fraction of sp³-hybridized carbons (Fsp3) is 0.769. The van der Waals surface area contributed by atoms with Gasteiger partial charge in [0.2, 0.25) is 0 Å². The molecule has 4 nitrogen and oxygen atoms in total. The highest BCUT2D eigenvalue weighted by Gasteiger charge is 2.28. The molecule has 1 saturated heterocycles. The Morgan fingerprint density at radius 2 is 2.18 bits per heavy atom. The summed E-state index contributed by atoms with van der Waals surface area (Å²) in [4.78, 5) is 0. The second-order valence-electron chi connectivity index (χ2n) is 5.06. The second kappa shape index (κ2) is 4.78. The second-order valence-corrected chi connectivity index (χ2v) is 5.06. The lowest BCUT2D eigenvalue weighted by atomic mass is 9.88. The molecule has 3 heterocycles. The van der Waals surface area contributed by atoms with Crippen molar-refractivity contribution in [3.05, 3.63) is 17.0 Å². The Hall–Kier alpha value is -0.870. The Morgan fingerprint density at radius 1 is 1.35 bits per heavy atom. The minimum Gasteiger partial charge on any atom is -0.381 e. The minimum absolute atomic E-state index is 0.659. The van der Waals surface area contributed by atoms with Crippen LogP contribution in [0.3, 0.4) is 0 Å². The zero-order chi connectivity index (χ0) is 11.7. The Morgan fingerprint density at radius 3 is 2.94 bits per heavy atom. The number of fused-ring (bicyclic) bond motifs is 1. The van der Waals surface area contributed by atoms with Crippen molar-refractivity contribution in [3.8, 4) is 0 Å². The monoisotopic (exact) mass is 235 g/mol. The van der Waals surface area contributed by atoms with E-state index in [0.717, 1.165) is 39.0 Å². The van der Waals surface area contributed by atoms with Gasteiger partial charge in [-0.15, -0.1) is 0 Å². The summed E-state index contributed by atoms with van der Waals surface area (Å²) in [5, 5.41) is 4.75. The number of hydrogen-bond acceptors (Lipinski definition) is 3. The number of nitrogens with two attached hydrogens (primary N) is 1. The van der Waals surface area contributed by atoms with Crippen molar-refractivity contribution in [3.63, 3.8) is 0 Å². The van der Waals surface area contributed by atoms with Crippen molar-refractivity contribution in [2.75, 3.05) is 19.8 Å². The van der Waals surface area contributed by atoms with E-state index in [-0.39, 0.29) is 0 Å². The van der Waals surface area contributed by atoms with E-state index in [4.69, 9.17) is 15.6 Å². The molecule has 0 aliphatic carbocycles. The van der Waals surface area contributed by atoms with Gasteiger partial charge in [0, 0.05) is 31.9 Å². The van der Waals surface area contributed by atoms with Gasteiger partial charge in [0.15, 0.2) is 0 Å². The molecule has 4 heteroatoms. The van der Waals surface area contributed by atoms with E-state index in [0.29, 0.717) is 12.5 Å². The van der Waals surface area contributed by atoms with Crippen LogP contribution in [0, 0.1) is 0 Å². The van der Waals surface area contributed by atoms with Gasteiger partial charge in [-0.2, -0.15) is 5.10 Å². The Labute approximate surface area is 102 Å². The summed E-state index contributed by atoms with van der Waals surface area (Å²) in [5.41, 5.74) is 9.97. The number of aryl methyl sites for hydroxylation is 1. The van der Waals surface area contributed by atoms with Gasteiger partial charge >= 0.3 is 0 Å². The zero-order valence-electron chi connectivity index (χ0n) is 10.3. The molecule has 1 fully saturated rings. The summed E-state index contributed by atoms with van der Waals surface area (Å²) in [6, 6.07) is 0. The summed E-state index contributed by atoms with van der Waals surface area (Å²) < 4.78 is 7.68. The molecule has 0 amide bonds. The highest BCUT2D eigenvalue weighted by molar-refractivity contribution is 5.32. The summed E-state index contributed by atoms with van der Waals surface area (Å²) in [6.07, 6.45) is 5.67. The molecule has 17 heavy (non-hydrogen) atoms. The first kappa shape index (κ1) is 11.2. The number of hydrogen-bond donors (Lipinski definition) is 1. The third-order valence-electron chi connectivity index (χ3n) is 3.97. The maximum atomic E-state index is 5.70. The number of ether oxygens (including phenoxy) is 1. The van der Waals surface area contributed by atoms with Gasteiger partial charge in [-0.05, 0) is 43.7 Å². The van der Waals surface area contributed by atoms with Crippen molar-refractivity contribution in [1.82, 2.24) is 9.78 Å². The molecule has 0 saturated carbocycles. The van der Waals surface area contributed by atoms with Crippen molar-refractivity contribution in [2.24, 2.45) is 5.73 Å². The molecule has 0 bridgehead atoms. The Bertz CT molecular complexity index is 394. The molecule has 3 rings (SSSR count). The predicted octanol–water partition coefficient (Wildman–Crippen LogP) is 1.22. The van der Waals surface area contributed by atoms with Gasteiger partial charge in [-0.25, -0.2) is 0 Å². The summed E-state index contributed by atoms with van der Waals surface area (Å²) in [7, 11) is 0. The van der Waals surface area contributed by atoms with Crippen LogP contribution in [0.5, 0.6) is 0 Å². The van der Waals surface area contributed by atoms with E-state index < -0.39 is 0 Å². The third kappa shape index (κ3) is 2.00. The third-order valence-corrected chi connectivity index (χ3v) is 3.97. The maximum absolute atomic E-state index is 5.70. The normalized spacial score (nSPS) is 20.8. The van der Waals surface area contributed by atoms with Crippen LogP contribution in [0.4, 0.5) is 0 Å². The van der Waals surface area contributed by atoms with Gasteiger partial charge < -0.3 is 10.5 Å². The van der Waals surface area contributed by atoms with E-state index in [1.807, 2.05) is 0 Å². The zero-order valence-corrected chi connectivity index (χ0v) is 10.3. The fourth-order valence-electron chi connectivity index (χ4n) is 3.19. The largest absolute Gasteiger partial charge is 0.381 e. The van der Waals surface area contributed by atoms with Gasteiger partial charge in [-0.3, -0.25) is 4.68 Å². The van der Waals surface area contributed by atoms with E-state index in [1.54, 1.807) is 0 Å². The van der Waals surface area contributed by atoms with E-state index in [1.165, 1.54) is 29.8 Å². The van der Waals surface area contributed by atoms with Crippen LogP contribution in [0.15, 0.2) is 0 Å². The molecule has 2 aliphatic rings. The van der Waals surface area contributed by atoms with Crippen LogP contribution < -0.4 is 5.73 Å². The van der Waals surface area contributed by atoms with Crippen LogP contribution in [0.1, 0.15) is 42.1 Å². The van der Waals surface area contributed by atoms with Crippen molar-refractivity contribution < 1.29 is 4.74 Å². The van der Waals surface area contributed by atoms with Crippen LogP contribution in [-0.4, -0.2) is 29.5 Å². The lowest BCUT2D eigenvalue weighted by Gasteiger charge is -2.23. The number of nitrogens with zero attached hydrogens (tertiary/aromatic N) is 2. The number of aromatic nitrogens is 2. The first-order valence-electron chi connectivity index (χ1n) is 6.76. The molecular weight excluding hydrogens is 214 g/mol. The average Bonchev–Trinajstić information content (AvgIpc) is 2.90. The van der Waals surface area contributed by atoms with Crippen molar-refractivity contribution >= 4 is 0 Å². The highest BCUT2D eigenvalue weighted by atomic mass is 16.5. The molecule has 94 valence electrons. The summed E-state index contributed by atoms with van der Waals surface area (Å²) in [5.74, 6) is 0.659. The first-order valence-corrected chi connectivity index (χ1v) is 6.76. The van der Waals surface area contributed by atoms with E-state index >= 15 is 0 Å².